The first-order valence-corrected chi connectivity index (χ1v) is 4.50. The van der Waals surface area contributed by atoms with Crippen LogP contribution in [0, 0.1) is 0 Å². The summed E-state index contributed by atoms with van der Waals surface area (Å²) in [6, 6.07) is 5.84. The fourth-order valence-electron chi connectivity index (χ4n) is 1.51. The number of methoxy groups -OCH3 is 1. The van der Waals surface area contributed by atoms with E-state index in [1.807, 2.05) is 18.2 Å². The zero-order chi connectivity index (χ0) is 9.97. The quantitative estimate of drug-likeness (QED) is 0.807. The van der Waals surface area contributed by atoms with Crippen LogP contribution in [0.5, 0.6) is 5.75 Å². The number of aliphatic hydroxyl groups is 1. The van der Waals surface area contributed by atoms with Crippen LogP contribution < -0.4 is 4.74 Å². The molecule has 0 aromatic carbocycles. The molecule has 3 nitrogen and oxygen atoms in total. The molecule has 0 saturated carbocycles. The van der Waals surface area contributed by atoms with Crippen molar-refractivity contribution in [2.75, 3.05) is 13.7 Å². The minimum absolute atomic E-state index is 0.140. The van der Waals surface area contributed by atoms with Crippen molar-refractivity contribution >= 4 is 0 Å². The fourth-order valence-corrected chi connectivity index (χ4v) is 1.51. The van der Waals surface area contributed by atoms with Gasteiger partial charge in [0.1, 0.15) is 12.0 Å². The van der Waals surface area contributed by atoms with E-state index in [-0.39, 0.29) is 6.61 Å². The molecule has 0 spiro atoms. The number of hydrogen-bond donors (Lipinski definition) is 1. The lowest BCUT2D eigenvalue weighted by Crippen LogP contribution is -1.90. The zero-order valence-electron chi connectivity index (χ0n) is 7.99. The molecule has 1 heterocycles. The Labute approximate surface area is 82.3 Å². The first-order valence-electron chi connectivity index (χ1n) is 4.50. The summed E-state index contributed by atoms with van der Waals surface area (Å²) in [4.78, 5) is 0. The molecule has 1 aliphatic heterocycles. The molecule has 1 aliphatic carbocycles. The Morgan fingerprint density at radius 2 is 2.29 bits per heavy atom. The second kappa shape index (κ2) is 3.72. The Morgan fingerprint density at radius 3 is 3.00 bits per heavy atom. The normalized spacial score (nSPS) is 10.7. The van der Waals surface area contributed by atoms with Gasteiger partial charge in [0.25, 0.3) is 0 Å². The minimum atomic E-state index is 0.140. The molecule has 14 heavy (non-hydrogen) atoms. The molecule has 0 atom stereocenters. The van der Waals surface area contributed by atoms with Crippen LogP contribution in [0.1, 0.15) is 5.56 Å². The van der Waals surface area contributed by atoms with Crippen molar-refractivity contribution in [3.63, 3.8) is 0 Å². The van der Waals surface area contributed by atoms with Crippen molar-refractivity contribution in [3.05, 3.63) is 30.0 Å². The average molecular weight is 192 g/mol. The van der Waals surface area contributed by atoms with Crippen molar-refractivity contribution in [1.29, 1.82) is 0 Å². The molecule has 0 saturated heterocycles. The Kier molecular flexibility index (Phi) is 2.41. The van der Waals surface area contributed by atoms with E-state index < -0.39 is 0 Å². The molecule has 3 heteroatoms. The molecule has 0 radical (unpaired) electrons. The van der Waals surface area contributed by atoms with Crippen molar-refractivity contribution < 1.29 is 14.3 Å². The largest absolute Gasteiger partial charge is 0.493 e. The van der Waals surface area contributed by atoms with E-state index in [9.17, 15) is 0 Å². The molecule has 0 bridgehead atoms. The van der Waals surface area contributed by atoms with Crippen LogP contribution in [-0.2, 0) is 6.42 Å². The van der Waals surface area contributed by atoms with Gasteiger partial charge in [-0.1, -0.05) is 12.1 Å². The van der Waals surface area contributed by atoms with Crippen LogP contribution in [0.25, 0.3) is 11.3 Å². The predicted octanol–water partition coefficient (Wildman–Crippen LogP) is 1.93. The minimum Gasteiger partial charge on any atom is -0.493 e. The Balaban J connectivity index is 2.42. The monoisotopic (exact) mass is 192 g/mol. The number of hydrogen-bond acceptors (Lipinski definition) is 3. The van der Waals surface area contributed by atoms with Crippen molar-refractivity contribution in [2.24, 2.45) is 0 Å². The van der Waals surface area contributed by atoms with E-state index in [1.165, 1.54) is 0 Å². The fraction of sp³-hybridized carbons (Fsp3) is 0.273. The summed E-state index contributed by atoms with van der Waals surface area (Å²) < 4.78 is 10.5. The van der Waals surface area contributed by atoms with Crippen molar-refractivity contribution in [3.8, 4) is 17.1 Å². The number of ether oxygens (including phenoxy) is 1. The summed E-state index contributed by atoms with van der Waals surface area (Å²) in [6.07, 6.45) is 2.20. The SMILES string of the molecule is COc1coc2c(CCO)ccc-2c1. The zero-order valence-corrected chi connectivity index (χ0v) is 7.99. The second-order valence-corrected chi connectivity index (χ2v) is 3.10. The molecule has 0 aromatic heterocycles. The van der Waals surface area contributed by atoms with Gasteiger partial charge in [0.05, 0.1) is 7.11 Å². The summed E-state index contributed by atoms with van der Waals surface area (Å²) in [5, 5.41) is 8.83. The third kappa shape index (κ3) is 1.46. The van der Waals surface area contributed by atoms with Gasteiger partial charge in [0, 0.05) is 12.2 Å². The summed E-state index contributed by atoms with van der Waals surface area (Å²) in [7, 11) is 1.61. The lowest BCUT2D eigenvalue weighted by molar-refractivity contribution is 0.299. The Hall–Kier alpha value is -1.48. The highest BCUT2D eigenvalue weighted by molar-refractivity contribution is 5.66. The molecule has 2 aliphatic rings. The van der Waals surface area contributed by atoms with Crippen molar-refractivity contribution in [2.45, 2.75) is 6.42 Å². The number of rotatable bonds is 3. The molecule has 0 amide bonds. The van der Waals surface area contributed by atoms with E-state index in [1.54, 1.807) is 13.4 Å². The molecule has 0 unspecified atom stereocenters. The van der Waals surface area contributed by atoms with Crippen LogP contribution in [-0.4, -0.2) is 18.8 Å². The van der Waals surface area contributed by atoms with Crippen LogP contribution >= 0.6 is 0 Å². The third-order valence-electron chi connectivity index (χ3n) is 2.23. The second-order valence-electron chi connectivity index (χ2n) is 3.10. The predicted molar refractivity (Wildman–Crippen MR) is 52.7 cm³/mol. The van der Waals surface area contributed by atoms with Gasteiger partial charge >= 0.3 is 0 Å². The third-order valence-corrected chi connectivity index (χ3v) is 2.23. The highest BCUT2D eigenvalue weighted by Gasteiger charge is 2.12. The van der Waals surface area contributed by atoms with Gasteiger partial charge in [-0.05, 0) is 18.1 Å². The van der Waals surface area contributed by atoms with E-state index in [0.29, 0.717) is 12.2 Å². The summed E-state index contributed by atoms with van der Waals surface area (Å²) in [5.41, 5.74) is 2.04. The lowest BCUT2D eigenvalue weighted by atomic mass is 10.1. The smallest absolute Gasteiger partial charge is 0.154 e. The maximum atomic E-state index is 8.83. The first-order chi connectivity index (χ1) is 6.85. The molecule has 2 rings (SSSR count). The number of fused-ring (bicyclic) bond motifs is 1. The van der Waals surface area contributed by atoms with E-state index in [0.717, 1.165) is 16.9 Å². The highest BCUT2D eigenvalue weighted by atomic mass is 16.5. The number of aliphatic hydroxyl groups excluding tert-OH is 1. The molecule has 1 N–H and O–H groups in total. The summed E-state index contributed by atoms with van der Waals surface area (Å²) >= 11 is 0. The molecule has 74 valence electrons. The Morgan fingerprint density at radius 1 is 1.43 bits per heavy atom. The van der Waals surface area contributed by atoms with Gasteiger partial charge < -0.3 is 14.3 Å². The lowest BCUT2D eigenvalue weighted by Gasteiger charge is -2.04. The summed E-state index contributed by atoms with van der Waals surface area (Å²) in [5.74, 6) is 1.54. The van der Waals surface area contributed by atoms with Gasteiger partial charge in [-0.2, -0.15) is 0 Å². The molecular weight excluding hydrogens is 180 g/mol. The summed E-state index contributed by atoms with van der Waals surface area (Å²) in [6.45, 7) is 0.140. The van der Waals surface area contributed by atoms with Gasteiger partial charge in [-0.3, -0.25) is 0 Å². The highest BCUT2D eigenvalue weighted by Crippen LogP contribution is 2.31. The van der Waals surface area contributed by atoms with E-state index in [2.05, 4.69) is 0 Å². The van der Waals surface area contributed by atoms with E-state index >= 15 is 0 Å². The molecule has 0 aromatic rings. The molecule has 0 fully saturated rings. The van der Waals surface area contributed by atoms with Crippen LogP contribution in [0.2, 0.25) is 0 Å². The van der Waals surface area contributed by atoms with Gasteiger partial charge in [0.15, 0.2) is 5.75 Å². The maximum absolute atomic E-state index is 8.83. The van der Waals surface area contributed by atoms with E-state index in [4.69, 9.17) is 14.3 Å². The van der Waals surface area contributed by atoms with Gasteiger partial charge in [-0.15, -0.1) is 0 Å². The topological polar surface area (TPSA) is 42.6 Å². The van der Waals surface area contributed by atoms with Gasteiger partial charge in [-0.25, -0.2) is 0 Å². The van der Waals surface area contributed by atoms with Crippen molar-refractivity contribution in [1.82, 2.24) is 0 Å². The van der Waals surface area contributed by atoms with Gasteiger partial charge in [0.2, 0.25) is 0 Å². The maximum Gasteiger partial charge on any atom is 0.154 e. The van der Waals surface area contributed by atoms with Crippen LogP contribution in [0.3, 0.4) is 0 Å². The van der Waals surface area contributed by atoms with Crippen LogP contribution in [0.4, 0.5) is 0 Å². The average Bonchev–Trinajstić information content (AvgIpc) is 2.61. The first kappa shape index (κ1) is 9.09. The standard InChI is InChI=1S/C11H12O3/c1-13-10-6-9-3-2-8(4-5-12)11(9)14-7-10/h2-3,6-7,12H,4-5H2,1H3. The van der Waals surface area contributed by atoms with Crippen LogP contribution in [0.15, 0.2) is 28.9 Å². The Bertz CT molecular complexity index is 392. The molecular formula is C11H12O3.